The summed E-state index contributed by atoms with van der Waals surface area (Å²) >= 11 is 1.11. The van der Waals surface area contributed by atoms with Crippen LogP contribution in [0.25, 0.3) is 0 Å². The van der Waals surface area contributed by atoms with Gasteiger partial charge in [0.2, 0.25) is 5.91 Å². The molecule has 0 saturated carbocycles. The Bertz CT molecular complexity index is 499. The van der Waals surface area contributed by atoms with Gasteiger partial charge in [0.05, 0.1) is 12.1 Å². The van der Waals surface area contributed by atoms with Crippen LogP contribution in [0.5, 0.6) is 0 Å². The van der Waals surface area contributed by atoms with Crippen molar-refractivity contribution in [3.63, 3.8) is 0 Å². The van der Waals surface area contributed by atoms with E-state index in [4.69, 9.17) is 5.11 Å². The molecule has 0 radical (unpaired) electrons. The van der Waals surface area contributed by atoms with Crippen molar-refractivity contribution in [2.45, 2.75) is 13.0 Å². The summed E-state index contributed by atoms with van der Waals surface area (Å²) in [4.78, 5) is 35.2. The summed E-state index contributed by atoms with van der Waals surface area (Å²) in [5.74, 6) is -0.717. The van der Waals surface area contributed by atoms with E-state index in [0.717, 1.165) is 16.7 Å². The van der Waals surface area contributed by atoms with E-state index >= 15 is 0 Å². The van der Waals surface area contributed by atoms with Gasteiger partial charge in [-0.2, -0.15) is 0 Å². The highest BCUT2D eigenvalue weighted by molar-refractivity contribution is 8.13. The third kappa shape index (κ3) is 2.70. The molecule has 1 N–H and O–H groups in total. The number of carbonyl (C=O) groups excluding carboxylic acids is 2. The molecule has 1 aliphatic rings. The molecule has 6 heteroatoms. The highest BCUT2D eigenvalue weighted by atomic mass is 32.2. The largest absolute Gasteiger partial charge is 0.478 e. The summed E-state index contributed by atoms with van der Waals surface area (Å²) < 4.78 is 0. The summed E-state index contributed by atoms with van der Waals surface area (Å²) in [6.07, 6.45) is 0.342. The minimum absolute atomic E-state index is 0.131. The molecule has 1 aliphatic heterocycles. The summed E-state index contributed by atoms with van der Waals surface area (Å²) in [7, 11) is 0. The van der Waals surface area contributed by atoms with Crippen LogP contribution in [0.1, 0.15) is 22.3 Å². The first kappa shape index (κ1) is 12.6. The standard InChI is InChI=1S/C12H11NO4S/c14-10-4-5-18-12(17)13(10)7-8-2-1-3-9(6-8)11(15)16/h1-3,6H,4-5,7H2,(H,15,16). The van der Waals surface area contributed by atoms with Crippen LogP contribution in [0.4, 0.5) is 4.79 Å². The number of carboxylic acids is 1. The molecule has 1 heterocycles. The maximum absolute atomic E-state index is 11.6. The summed E-state index contributed by atoms with van der Waals surface area (Å²) in [5, 5.41) is 8.60. The van der Waals surface area contributed by atoms with Gasteiger partial charge in [-0.05, 0) is 17.7 Å². The lowest BCUT2D eigenvalue weighted by Crippen LogP contribution is -2.37. The molecule has 1 fully saturated rings. The van der Waals surface area contributed by atoms with Crippen molar-refractivity contribution in [3.8, 4) is 0 Å². The summed E-state index contributed by atoms with van der Waals surface area (Å²) in [6.45, 7) is 0.131. The third-order valence-corrected chi connectivity index (χ3v) is 3.45. The predicted molar refractivity (Wildman–Crippen MR) is 66.4 cm³/mol. The van der Waals surface area contributed by atoms with Crippen molar-refractivity contribution in [1.82, 2.24) is 4.90 Å². The molecular formula is C12H11NO4S. The first-order valence-corrected chi connectivity index (χ1v) is 6.36. The van der Waals surface area contributed by atoms with E-state index in [1.54, 1.807) is 12.1 Å². The Hall–Kier alpha value is -1.82. The smallest absolute Gasteiger partial charge is 0.335 e. The zero-order valence-corrected chi connectivity index (χ0v) is 10.3. The van der Waals surface area contributed by atoms with E-state index in [1.807, 2.05) is 0 Å². The minimum atomic E-state index is -1.03. The molecule has 0 unspecified atom stereocenters. The Morgan fingerprint density at radius 3 is 2.83 bits per heavy atom. The van der Waals surface area contributed by atoms with E-state index in [1.165, 1.54) is 12.1 Å². The molecule has 2 amide bonds. The van der Waals surface area contributed by atoms with E-state index in [-0.39, 0.29) is 23.3 Å². The van der Waals surface area contributed by atoms with E-state index < -0.39 is 5.97 Å². The Labute approximate surface area is 108 Å². The summed E-state index contributed by atoms with van der Waals surface area (Å²) in [5.41, 5.74) is 0.788. The second-order valence-electron chi connectivity index (χ2n) is 3.85. The summed E-state index contributed by atoms with van der Waals surface area (Å²) in [6, 6.07) is 6.25. The van der Waals surface area contributed by atoms with Gasteiger partial charge in [-0.15, -0.1) is 0 Å². The molecule has 0 atom stereocenters. The average Bonchev–Trinajstić information content (AvgIpc) is 2.34. The van der Waals surface area contributed by atoms with Gasteiger partial charge >= 0.3 is 5.97 Å². The zero-order valence-electron chi connectivity index (χ0n) is 9.46. The number of aromatic carboxylic acids is 1. The van der Waals surface area contributed by atoms with Crippen LogP contribution >= 0.6 is 11.8 Å². The Morgan fingerprint density at radius 1 is 1.39 bits per heavy atom. The van der Waals surface area contributed by atoms with Crippen LogP contribution in [0.3, 0.4) is 0 Å². The minimum Gasteiger partial charge on any atom is -0.478 e. The van der Waals surface area contributed by atoms with E-state index in [9.17, 15) is 14.4 Å². The second kappa shape index (κ2) is 5.22. The molecule has 0 bridgehead atoms. The number of hydrogen-bond acceptors (Lipinski definition) is 4. The van der Waals surface area contributed by atoms with Gasteiger partial charge in [-0.1, -0.05) is 23.9 Å². The van der Waals surface area contributed by atoms with Crippen LogP contribution in [0.15, 0.2) is 24.3 Å². The number of benzene rings is 1. The molecule has 18 heavy (non-hydrogen) atoms. The highest BCUT2D eigenvalue weighted by Crippen LogP contribution is 2.21. The fourth-order valence-electron chi connectivity index (χ4n) is 1.68. The van der Waals surface area contributed by atoms with Crippen LogP contribution in [0.2, 0.25) is 0 Å². The van der Waals surface area contributed by atoms with Gasteiger partial charge in [0.15, 0.2) is 0 Å². The Balaban J connectivity index is 2.17. The molecule has 0 aliphatic carbocycles. The average molecular weight is 265 g/mol. The van der Waals surface area contributed by atoms with Gasteiger partial charge in [0.25, 0.3) is 5.24 Å². The van der Waals surface area contributed by atoms with Crippen molar-refractivity contribution in [2.24, 2.45) is 0 Å². The number of rotatable bonds is 3. The highest BCUT2D eigenvalue weighted by Gasteiger charge is 2.26. The second-order valence-corrected chi connectivity index (χ2v) is 4.90. The van der Waals surface area contributed by atoms with Crippen LogP contribution < -0.4 is 0 Å². The first-order valence-electron chi connectivity index (χ1n) is 5.37. The van der Waals surface area contributed by atoms with E-state index in [2.05, 4.69) is 0 Å². The number of carboxylic acid groups (broad SMARTS) is 1. The Kier molecular flexibility index (Phi) is 3.66. The molecule has 1 aromatic rings. The van der Waals surface area contributed by atoms with Crippen molar-refractivity contribution >= 4 is 28.9 Å². The van der Waals surface area contributed by atoms with Crippen molar-refractivity contribution in [1.29, 1.82) is 0 Å². The number of thioether (sulfide) groups is 1. The van der Waals surface area contributed by atoms with Crippen molar-refractivity contribution < 1.29 is 19.5 Å². The maximum Gasteiger partial charge on any atom is 0.335 e. The van der Waals surface area contributed by atoms with Gasteiger partial charge in [-0.25, -0.2) is 4.79 Å². The van der Waals surface area contributed by atoms with Crippen LogP contribution in [-0.2, 0) is 11.3 Å². The SMILES string of the molecule is O=C(O)c1cccc(CN2C(=O)CCSC2=O)c1. The molecule has 0 aromatic heterocycles. The Morgan fingerprint density at radius 2 is 2.17 bits per heavy atom. The molecule has 1 aromatic carbocycles. The number of carbonyl (C=O) groups is 3. The molecule has 0 spiro atoms. The lowest BCUT2D eigenvalue weighted by molar-refractivity contribution is -0.128. The van der Waals surface area contributed by atoms with Crippen molar-refractivity contribution in [3.05, 3.63) is 35.4 Å². The molecule has 94 valence electrons. The predicted octanol–water partition coefficient (Wildman–Crippen LogP) is 1.97. The zero-order chi connectivity index (χ0) is 13.1. The monoisotopic (exact) mass is 265 g/mol. The maximum atomic E-state index is 11.6. The van der Waals surface area contributed by atoms with Crippen LogP contribution in [0, 0.1) is 0 Å². The van der Waals surface area contributed by atoms with Gasteiger partial charge in [0, 0.05) is 12.2 Å². The fourth-order valence-corrected chi connectivity index (χ4v) is 2.45. The number of hydrogen-bond donors (Lipinski definition) is 1. The quantitative estimate of drug-likeness (QED) is 0.904. The fraction of sp³-hybridized carbons (Fsp3) is 0.250. The lowest BCUT2D eigenvalue weighted by atomic mass is 10.1. The molecule has 2 rings (SSSR count). The molecule has 1 saturated heterocycles. The van der Waals surface area contributed by atoms with Gasteiger partial charge in [0.1, 0.15) is 0 Å². The van der Waals surface area contributed by atoms with Gasteiger partial charge in [-0.3, -0.25) is 14.5 Å². The third-order valence-electron chi connectivity index (χ3n) is 2.58. The first-order chi connectivity index (χ1) is 8.58. The number of nitrogens with zero attached hydrogens (tertiary/aromatic N) is 1. The van der Waals surface area contributed by atoms with Gasteiger partial charge < -0.3 is 5.11 Å². The number of amides is 2. The van der Waals surface area contributed by atoms with E-state index in [0.29, 0.717) is 17.7 Å². The lowest BCUT2D eigenvalue weighted by Gasteiger charge is -2.24. The molecule has 5 nitrogen and oxygen atoms in total. The molecular weight excluding hydrogens is 254 g/mol. The topological polar surface area (TPSA) is 74.7 Å². The normalized spacial score (nSPS) is 15.9. The van der Waals surface area contributed by atoms with Crippen LogP contribution in [-0.4, -0.2) is 32.9 Å². The van der Waals surface area contributed by atoms with Crippen molar-refractivity contribution in [2.75, 3.05) is 5.75 Å². The number of imide groups is 1.